The van der Waals surface area contributed by atoms with Crippen molar-refractivity contribution in [1.29, 1.82) is 0 Å². The second-order valence-corrected chi connectivity index (χ2v) is 4.22. The first-order valence-corrected chi connectivity index (χ1v) is 4.63. The van der Waals surface area contributed by atoms with Crippen molar-refractivity contribution in [3.8, 4) is 0 Å². The van der Waals surface area contributed by atoms with Gasteiger partial charge < -0.3 is 0 Å². The summed E-state index contributed by atoms with van der Waals surface area (Å²) in [6.07, 6.45) is 1.09. The van der Waals surface area contributed by atoms with Crippen molar-refractivity contribution in [3.05, 3.63) is 0 Å². The number of carbonyl (C=O) groups excluding carboxylic acids is 1. The van der Waals surface area contributed by atoms with Crippen molar-refractivity contribution in [2.45, 2.75) is 26.8 Å². The van der Waals surface area contributed by atoms with E-state index in [2.05, 4.69) is 4.99 Å². The molecule has 0 fully saturated rings. The Bertz CT molecular complexity index is 261. The van der Waals surface area contributed by atoms with Gasteiger partial charge in [0.05, 0.1) is 0 Å². The first kappa shape index (κ1) is 14.0. The summed E-state index contributed by atoms with van der Waals surface area (Å²) < 4.78 is 10.2. The molecule has 6 heteroatoms. The predicted molar refractivity (Wildman–Crippen MR) is 58.0 cm³/mol. The number of nitrogens with zero attached hydrogens (tertiary/aromatic N) is 2. The number of hydrogen-bond donors (Lipinski definition) is 0. The zero-order valence-electron chi connectivity index (χ0n) is 9.85. The molecule has 0 heterocycles. The van der Waals surface area contributed by atoms with E-state index in [1.54, 1.807) is 0 Å². The van der Waals surface area contributed by atoms with Crippen molar-refractivity contribution in [3.63, 3.8) is 0 Å². The number of likely N-dealkylation sites (N-methyl/N-ethyl adjacent to an activating group) is 1. The van der Waals surface area contributed by atoms with Crippen LogP contribution in [0.25, 0.3) is 0 Å². The maximum atomic E-state index is 11.8. The van der Waals surface area contributed by atoms with E-state index < -0.39 is 6.04 Å². The third kappa shape index (κ3) is 4.33. The molecule has 0 spiro atoms. The zero-order valence-corrected chi connectivity index (χ0v) is 9.85. The number of carbonyl (C=O) groups is 1. The van der Waals surface area contributed by atoms with Gasteiger partial charge in [0.2, 0.25) is 0 Å². The SMILES string of the molecule is CON(C)C(=O)[C@@H](N=CB=O)C(C)(C)C. The molecule has 5 nitrogen and oxygen atoms in total. The van der Waals surface area contributed by atoms with E-state index in [-0.39, 0.29) is 11.3 Å². The summed E-state index contributed by atoms with van der Waals surface area (Å²) in [7, 11) is 3.47. The van der Waals surface area contributed by atoms with Gasteiger partial charge in [-0.05, 0) is 0 Å². The van der Waals surface area contributed by atoms with Crippen LogP contribution in [0.5, 0.6) is 0 Å². The molecule has 0 radical (unpaired) electrons. The fourth-order valence-corrected chi connectivity index (χ4v) is 1.04. The average Bonchev–Trinajstić information content (AvgIpc) is 2.14. The molecular weight excluding hydrogens is 195 g/mol. The molecule has 0 bridgehead atoms. The van der Waals surface area contributed by atoms with Crippen molar-refractivity contribution in [2.24, 2.45) is 10.4 Å². The summed E-state index contributed by atoms with van der Waals surface area (Å²) in [5.41, 5.74) is -0.358. The molecule has 15 heavy (non-hydrogen) atoms. The number of aliphatic imine (C=N–C) groups is 1. The van der Waals surface area contributed by atoms with E-state index in [1.807, 2.05) is 20.8 Å². The summed E-state index contributed by atoms with van der Waals surface area (Å²) in [4.78, 5) is 20.5. The first-order chi connectivity index (χ1) is 6.84. The van der Waals surface area contributed by atoms with E-state index in [1.165, 1.54) is 14.2 Å². The van der Waals surface area contributed by atoms with Gasteiger partial charge in [0.15, 0.2) is 0 Å². The minimum absolute atomic E-state index is 0.275. The van der Waals surface area contributed by atoms with Crippen LogP contribution in [0.4, 0.5) is 0 Å². The van der Waals surface area contributed by atoms with Crippen LogP contribution in [0.2, 0.25) is 0 Å². The Balaban J connectivity index is 4.86. The number of amides is 1. The Kier molecular flexibility index (Phi) is 5.35. The van der Waals surface area contributed by atoms with Gasteiger partial charge in [-0.2, -0.15) is 0 Å². The number of hydroxylamine groups is 2. The molecule has 0 saturated carbocycles. The summed E-state index contributed by atoms with van der Waals surface area (Å²) >= 11 is 0. The van der Waals surface area contributed by atoms with Crippen molar-refractivity contribution < 1.29 is 14.3 Å². The normalized spacial score (nSPS) is 13.7. The summed E-state index contributed by atoms with van der Waals surface area (Å²) in [5.74, 6) is -0.275. The maximum absolute atomic E-state index is 11.8. The summed E-state index contributed by atoms with van der Waals surface area (Å²) in [6, 6.07) is -0.618. The van der Waals surface area contributed by atoms with Crippen LogP contribution in [0.15, 0.2) is 4.99 Å². The topological polar surface area (TPSA) is 59.0 Å². The molecule has 0 aromatic rings. The Morgan fingerprint density at radius 1 is 1.53 bits per heavy atom. The Morgan fingerprint density at radius 2 is 2.07 bits per heavy atom. The van der Waals surface area contributed by atoms with Crippen LogP contribution < -0.4 is 0 Å². The predicted octanol–water partition coefficient (Wildman–Crippen LogP) is 0.499. The van der Waals surface area contributed by atoms with Gasteiger partial charge in [-0.15, -0.1) is 0 Å². The Labute approximate surface area is 90.7 Å². The van der Waals surface area contributed by atoms with Crippen LogP contribution in [0.1, 0.15) is 20.8 Å². The van der Waals surface area contributed by atoms with E-state index in [0.717, 1.165) is 11.2 Å². The molecule has 0 aliphatic rings. The van der Waals surface area contributed by atoms with Gasteiger partial charge in [-0.1, -0.05) is 0 Å². The van der Waals surface area contributed by atoms with E-state index in [9.17, 15) is 9.50 Å². The fraction of sp³-hybridized carbons (Fsp3) is 0.778. The summed E-state index contributed by atoms with van der Waals surface area (Å²) in [5, 5.41) is 1.11. The quantitative estimate of drug-likeness (QED) is 0.387. The third-order valence-corrected chi connectivity index (χ3v) is 1.93. The minimum atomic E-state index is -0.618. The first-order valence-electron chi connectivity index (χ1n) is 4.63. The standard InChI is InChI=1S/C9H17BN2O3/c1-9(2,3)7(11-6-10-14)8(13)12(4)15-5/h6-7H,1-5H3/t7-/m1/s1. The van der Waals surface area contributed by atoms with Crippen molar-refractivity contribution >= 4 is 19.2 Å². The monoisotopic (exact) mass is 212 g/mol. The van der Waals surface area contributed by atoms with Crippen LogP contribution in [0, 0.1) is 5.41 Å². The Morgan fingerprint density at radius 3 is 2.40 bits per heavy atom. The Hall–Kier alpha value is -1.04. The van der Waals surface area contributed by atoms with E-state index in [0.29, 0.717) is 7.15 Å². The van der Waals surface area contributed by atoms with Crippen LogP contribution in [-0.2, 0) is 14.3 Å². The molecule has 0 aliphatic carbocycles. The average molecular weight is 212 g/mol. The molecule has 0 saturated heterocycles. The third-order valence-electron chi connectivity index (χ3n) is 1.93. The molecule has 0 rings (SSSR count). The van der Waals surface area contributed by atoms with Crippen LogP contribution >= 0.6 is 0 Å². The molecule has 0 unspecified atom stereocenters. The molecule has 1 amide bonds. The van der Waals surface area contributed by atoms with Gasteiger partial charge in [0, 0.05) is 0 Å². The van der Waals surface area contributed by atoms with E-state index in [4.69, 9.17) is 4.84 Å². The molecule has 0 aromatic heterocycles. The van der Waals surface area contributed by atoms with E-state index >= 15 is 0 Å². The number of rotatable bonds is 4. The van der Waals surface area contributed by atoms with Crippen molar-refractivity contribution in [2.75, 3.05) is 14.2 Å². The van der Waals surface area contributed by atoms with Crippen LogP contribution in [-0.4, -0.2) is 44.4 Å². The van der Waals surface area contributed by atoms with Crippen LogP contribution in [0.3, 0.4) is 0 Å². The molecular formula is C9H17BN2O3. The summed E-state index contributed by atoms with van der Waals surface area (Å²) in [6.45, 7) is 5.63. The number of hydrogen-bond acceptors (Lipinski definition) is 4. The second-order valence-electron chi connectivity index (χ2n) is 4.22. The second kappa shape index (κ2) is 5.75. The van der Waals surface area contributed by atoms with Gasteiger partial charge in [0.25, 0.3) is 0 Å². The molecule has 0 aliphatic heterocycles. The molecule has 1 atom stereocenters. The molecule has 84 valence electrons. The molecule has 0 aromatic carbocycles. The van der Waals surface area contributed by atoms with Crippen molar-refractivity contribution in [1.82, 2.24) is 5.06 Å². The van der Waals surface area contributed by atoms with Gasteiger partial charge in [0.1, 0.15) is 0 Å². The zero-order chi connectivity index (χ0) is 12.1. The fourth-order valence-electron chi connectivity index (χ4n) is 1.04. The van der Waals surface area contributed by atoms with Gasteiger partial charge in [-0.25, -0.2) is 0 Å². The van der Waals surface area contributed by atoms with Gasteiger partial charge in [-0.3, -0.25) is 0 Å². The van der Waals surface area contributed by atoms with Gasteiger partial charge >= 0.3 is 89.9 Å². The molecule has 0 N–H and O–H groups in total.